The molecule has 0 spiro atoms. The maximum absolute atomic E-state index is 13.5. The summed E-state index contributed by atoms with van der Waals surface area (Å²) in [5.41, 5.74) is 1.35. The van der Waals surface area contributed by atoms with Crippen molar-refractivity contribution < 1.29 is 14.7 Å². The Morgan fingerprint density at radius 1 is 1.03 bits per heavy atom. The molecule has 7 nitrogen and oxygen atoms in total. The Kier molecular flexibility index (Phi) is 5.97. The van der Waals surface area contributed by atoms with Crippen molar-refractivity contribution in [3.63, 3.8) is 0 Å². The molecule has 2 atom stereocenters. The number of benzene rings is 1. The normalized spacial score (nSPS) is 26.0. The van der Waals surface area contributed by atoms with Crippen LogP contribution in [0.15, 0.2) is 30.5 Å². The summed E-state index contributed by atoms with van der Waals surface area (Å²) in [7, 11) is 2.08. The van der Waals surface area contributed by atoms with Crippen LogP contribution in [0.4, 0.5) is 0 Å². The lowest BCUT2D eigenvalue weighted by molar-refractivity contribution is -0.148. The maximum atomic E-state index is 13.5. The van der Waals surface area contributed by atoms with Crippen LogP contribution < -0.4 is 5.32 Å². The van der Waals surface area contributed by atoms with E-state index in [9.17, 15) is 14.7 Å². The number of amides is 2. The van der Waals surface area contributed by atoms with E-state index in [4.69, 9.17) is 0 Å². The first-order chi connectivity index (χ1) is 16.3. The van der Waals surface area contributed by atoms with Gasteiger partial charge in [-0.15, -0.1) is 0 Å². The van der Waals surface area contributed by atoms with Crippen LogP contribution in [0.1, 0.15) is 63.9 Å². The van der Waals surface area contributed by atoms with Gasteiger partial charge >= 0.3 is 0 Å². The van der Waals surface area contributed by atoms with Crippen LogP contribution in [0.2, 0.25) is 0 Å². The van der Waals surface area contributed by atoms with Crippen molar-refractivity contribution in [1.82, 2.24) is 19.7 Å². The number of hydrogen-bond donors (Lipinski definition) is 2. The summed E-state index contributed by atoms with van der Waals surface area (Å²) in [5, 5.41) is 15.2. The van der Waals surface area contributed by atoms with Crippen molar-refractivity contribution in [3.05, 3.63) is 36.0 Å². The molecule has 1 aromatic heterocycles. The zero-order chi connectivity index (χ0) is 24.1. The van der Waals surface area contributed by atoms with E-state index in [1.807, 2.05) is 4.90 Å². The molecule has 3 aliphatic rings. The third kappa shape index (κ3) is 3.93. The quantitative estimate of drug-likeness (QED) is 0.710. The zero-order valence-corrected chi connectivity index (χ0v) is 20.7. The topological polar surface area (TPSA) is 77.8 Å². The van der Waals surface area contributed by atoms with E-state index in [0.717, 1.165) is 25.7 Å². The number of carbonyl (C=O) groups is 2. The largest absolute Gasteiger partial charge is 0.380 e. The smallest absolute Gasteiger partial charge is 0.254 e. The average Bonchev–Trinajstić information content (AvgIpc) is 3.53. The lowest BCUT2D eigenvalue weighted by Gasteiger charge is -2.49. The van der Waals surface area contributed by atoms with Gasteiger partial charge < -0.3 is 19.5 Å². The number of nitrogens with one attached hydrogen (secondary N) is 1. The average molecular weight is 467 g/mol. The first kappa shape index (κ1) is 23.4. The molecule has 3 fully saturated rings. The minimum atomic E-state index is -1.13. The minimum absolute atomic E-state index is 0.117. The highest BCUT2D eigenvalue weighted by Gasteiger charge is 2.51. The van der Waals surface area contributed by atoms with E-state index in [1.54, 1.807) is 4.90 Å². The number of aromatic nitrogens is 1. The molecule has 7 heteroatoms. The number of fused-ring (bicyclic) bond motifs is 1. The number of rotatable bonds is 5. The molecule has 2 unspecified atom stereocenters. The van der Waals surface area contributed by atoms with Gasteiger partial charge in [-0.05, 0) is 67.7 Å². The second-order valence-corrected chi connectivity index (χ2v) is 10.6. The maximum Gasteiger partial charge on any atom is 0.254 e. The predicted molar refractivity (Wildman–Crippen MR) is 132 cm³/mol. The minimum Gasteiger partial charge on any atom is -0.380 e. The Bertz CT molecular complexity index is 1080. The second-order valence-electron chi connectivity index (χ2n) is 10.6. The highest BCUT2D eigenvalue weighted by atomic mass is 16.3. The van der Waals surface area contributed by atoms with Crippen LogP contribution in [-0.2, 0) is 16.6 Å². The van der Waals surface area contributed by atoms with E-state index >= 15 is 0 Å². The molecule has 0 bridgehead atoms. The fourth-order valence-corrected chi connectivity index (χ4v) is 6.24. The third-order valence-electron chi connectivity index (χ3n) is 8.74. The van der Waals surface area contributed by atoms with Gasteiger partial charge in [0.1, 0.15) is 5.60 Å². The van der Waals surface area contributed by atoms with Gasteiger partial charge in [-0.25, -0.2) is 0 Å². The summed E-state index contributed by atoms with van der Waals surface area (Å²) in [5.74, 6) is 0.356. The molecule has 1 aliphatic carbocycles. The van der Waals surface area contributed by atoms with E-state index in [1.165, 1.54) is 16.5 Å². The molecule has 5 rings (SSSR count). The Hall–Kier alpha value is -2.38. The summed E-state index contributed by atoms with van der Waals surface area (Å²) in [6.07, 6.45) is 6.95. The van der Waals surface area contributed by atoms with E-state index in [0.29, 0.717) is 44.9 Å². The van der Waals surface area contributed by atoms with Gasteiger partial charge in [0, 0.05) is 56.4 Å². The number of aliphatic hydroxyl groups is 1. The van der Waals surface area contributed by atoms with E-state index in [-0.39, 0.29) is 23.4 Å². The molecular formula is C27H38N4O3. The number of nitrogens with zero attached hydrogens (tertiary/aromatic N) is 3. The van der Waals surface area contributed by atoms with Gasteiger partial charge in [-0.1, -0.05) is 19.9 Å². The number of aryl methyl sites for hydroxylation is 1. The van der Waals surface area contributed by atoms with Gasteiger partial charge in [0.05, 0.1) is 6.04 Å². The summed E-state index contributed by atoms with van der Waals surface area (Å²) < 4.78 is 2.15. The molecule has 34 heavy (non-hydrogen) atoms. The fourth-order valence-electron chi connectivity index (χ4n) is 6.24. The first-order valence-electron chi connectivity index (χ1n) is 12.9. The fraction of sp³-hybridized carbons (Fsp3) is 0.630. The molecule has 184 valence electrons. The predicted octanol–water partition coefficient (Wildman–Crippen LogP) is 2.77. The van der Waals surface area contributed by atoms with Crippen molar-refractivity contribution >= 4 is 22.7 Å². The molecule has 2 saturated heterocycles. The monoisotopic (exact) mass is 466 g/mol. The summed E-state index contributed by atoms with van der Waals surface area (Å²) in [6, 6.07) is 8.80. The summed E-state index contributed by atoms with van der Waals surface area (Å²) in [6.45, 7) is 6.54. The SMILES string of the molecule is CCC1(CC)NC(C(=O)N2CCN(C(=O)C3(O)CC3)CC2)CCC1c1ccc2c(ccn2C)c1. The van der Waals surface area contributed by atoms with Crippen LogP contribution in [0, 0.1) is 0 Å². The third-order valence-corrected chi connectivity index (χ3v) is 8.74. The molecule has 2 N–H and O–H groups in total. The number of piperazine rings is 1. The number of hydrogen-bond acceptors (Lipinski definition) is 4. The molecule has 2 aliphatic heterocycles. The van der Waals surface area contributed by atoms with Crippen LogP contribution in [0.3, 0.4) is 0 Å². The van der Waals surface area contributed by atoms with Gasteiger partial charge in [-0.3, -0.25) is 14.9 Å². The van der Waals surface area contributed by atoms with Crippen molar-refractivity contribution in [1.29, 1.82) is 0 Å². The second kappa shape index (κ2) is 8.68. The van der Waals surface area contributed by atoms with Crippen LogP contribution in [0.5, 0.6) is 0 Å². The summed E-state index contributed by atoms with van der Waals surface area (Å²) >= 11 is 0. The standard InChI is InChI=1S/C27H38N4O3/c1-4-26(5-2)21(19-6-9-23-20(18-19)10-13-29(23)3)7-8-22(28-26)24(32)30-14-16-31(17-15-30)25(33)27(34)11-12-27/h6,9-10,13,18,21-22,28,34H,4-5,7-8,11-12,14-17H2,1-3H3. The van der Waals surface area contributed by atoms with Crippen molar-refractivity contribution in [2.24, 2.45) is 7.05 Å². The number of carbonyl (C=O) groups excluding carboxylic acids is 2. The Morgan fingerprint density at radius 2 is 1.71 bits per heavy atom. The molecule has 1 saturated carbocycles. The van der Waals surface area contributed by atoms with Crippen molar-refractivity contribution in [2.75, 3.05) is 26.2 Å². The molecule has 0 radical (unpaired) electrons. The highest BCUT2D eigenvalue weighted by molar-refractivity contribution is 5.88. The molecule has 2 amide bonds. The molecule has 2 aromatic rings. The number of piperidine rings is 1. The zero-order valence-electron chi connectivity index (χ0n) is 20.7. The van der Waals surface area contributed by atoms with Crippen molar-refractivity contribution in [3.8, 4) is 0 Å². The Balaban J connectivity index is 1.28. The van der Waals surface area contributed by atoms with Crippen LogP contribution in [0.25, 0.3) is 10.9 Å². The van der Waals surface area contributed by atoms with Gasteiger partial charge in [0.25, 0.3) is 5.91 Å². The molecule has 3 heterocycles. The Morgan fingerprint density at radius 3 is 2.35 bits per heavy atom. The van der Waals surface area contributed by atoms with Gasteiger partial charge in [0.15, 0.2) is 0 Å². The van der Waals surface area contributed by atoms with E-state index in [2.05, 4.69) is 61.2 Å². The summed E-state index contributed by atoms with van der Waals surface area (Å²) in [4.78, 5) is 29.6. The molecule has 1 aromatic carbocycles. The van der Waals surface area contributed by atoms with Gasteiger partial charge in [0.2, 0.25) is 5.91 Å². The van der Waals surface area contributed by atoms with Crippen molar-refractivity contribution in [2.45, 2.75) is 75.5 Å². The lowest BCUT2D eigenvalue weighted by Crippen LogP contribution is -2.63. The van der Waals surface area contributed by atoms with Gasteiger partial charge in [-0.2, -0.15) is 0 Å². The van der Waals surface area contributed by atoms with Crippen LogP contribution >= 0.6 is 0 Å². The lowest BCUT2D eigenvalue weighted by atomic mass is 9.69. The highest BCUT2D eigenvalue weighted by Crippen LogP contribution is 2.42. The van der Waals surface area contributed by atoms with E-state index < -0.39 is 5.60 Å². The first-order valence-corrected chi connectivity index (χ1v) is 12.9. The molecular weight excluding hydrogens is 428 g/mol. The van der Waals surface area contributed by atoms with Crippen LogP contribution in [-0.4, -0.2) is 74.6 Å². The Labute approximate surface area is 202 Å².